The number of imidazole rings is 1. The number of likely N-dealkylation sites (tertiary alicyclic amines) is 1. The van der Waals surface area contributed by atoms with Crippen molar-refractivity contribution in [1.82, 2.24) is 29.6 Å². The van der Waals surface area contributed by atoms with Crippen molar-refractivity contribution in [2.24, 2.45) is 7.05 Å². The summed E-state index contributed by atoms with van der Waals surface area (Å²) in [5.74, 6) is 0.576. The smallest absolute Gasteiger partial charge is 0.325 e. The first-order chi connectivity index (χ1) is 16.0. The van der Waals surface area contributed by atoms with Crippen LogP contribution in [0.5, 0.6) is 0 Å². The Kier molecular flexibility index (Phi) is 7.12. The lowest BCUT2D eigenvalue weighted by Crippen LogP contribution is -2.52. The third kappa shape index (κ3) is 5.27. The molecule has 0 radical (unpaired) electrons. The van der Waals surface area contributed by atoms with E-state index in [0.717, 1.165) is 42.8 Å². The van der Waals surface area contributed by atoms with E-state index in [-0.39, 0.29) is 18.5 Å². The van der Waals surface area contributed by atoms with Gasteiger partial charge in [0.1, 0.15) is 12.4 Å². The van der Waals surface area contributed by atoms with E-state index in [1.54, 1.807) is 11.8 Å². The molecule has 1 N–H and O–H groups in total. The summed E-state index contributed by atoms with van der Waals surface area (Å²) in [5, 5.41) is 2.61. The summed E-state index contributed by atoms with van der Waals surface area (Å²) in [6, 6.07) is 5.51. The minimum atomic E-state index is -0.434. The SMILES string of the molecule is CCOC(=O)CNC(=O)N1CCN(Cc2nc3cc(C(=O)N4CCCC4)ccc3n2C)CC1. The van der Waals surface area contributed by atoms with Crippen LogP contribution in [0.1, 0.15) is 35.9 Å². The number of ether oxygens (including phenoxy) is 1. The molecule has 2 aromatic rings. The number of urea groups is 1. The van der Waals surface area contributed by atoms with Crippen molar-refractivity contribution in [2.75, 3.05) is 52.4 Å². The average Bonchev–Trinajstić information content (AvgIpc) is 3.46. The standard InChI is InChI=1S/C23H32N6O4/c1-3-33-21(30)15-24-23(32)29-12-10-27(11-13-29)16-20-25-18-14-17(6-7-19(18)26(20)2)22(31)28-8-4-5-9-28/h6-7,14H,3-5,8-13,15-16H2,1-2H3,(H,24,32). The highest BCUT2D eigenvalue weighted by molar-refractivity contribution is 5.97. The largest absolute Gasteiger partial charge is 0.465 e. The summed E-state index contributed by atoms with van der Waals surface area (Å²) in [7, 11) is 1.99. The van der Waals surface area contributed by atoms with Gasteiger partial charge in [-0.1, -0.05) is 0 Å². The Morgan fingerprint density at radius 3 is 2.45 bits per heavy atom. The molecule has 2 aliphatic rings. The van der Waals surface area contributed by atoms with E-state index in [1.165, 1.54) is 0 Å². The Balaban J connectivity index is 1.33. The first kappa shape index (κ1) is 23.0. The number of hydrogen-bond donors (Lipinski definition) is 1. The molecular weight excluding hydrogens is 424 g/mol. The van der Waals surface area contributed by atoms with Gasteiger partial charge in [0.25, 0.3) is 5.91 Å². The molecule has 1 aromatic heterocycles. The lowest BCUT2D eigenvalue weighted by molar-refractivity contribution is -0.141. The molecular formula is C23H32N6O4. The first-order valence-electron chi connectivity index (χ1n) is 11.6. The number of nitrogens with zero attached hydrogens (tertiary/aromatic N) is 5. The third-order valence-electron chi connectivity index (χ3n) is 6.33. The zero-order valence-electron chi connectivity index (χ0n) is 19.4. The number of amides is 3. The summed E-state index contributed by atoms with van der Waals surface area (Å²) >= 11 is 0. The Morgan fingerprint density at radius 2 is 1.76 bits per heavy atom. The van der Waals surface area contributed by atoms with Gasteiger partial charge in [-0.15, -0.1) is 0 Å². The Labute approximate surface area is 193 Å². The maximum absolute atomic E-state index is 12.7. The fourth-order valence-corrected chi connectivity index (χ4v) is 4.41. The van der Waals surface area contributed by atoms with E-state index in [1.807, 2.05) is 30.1 Å². The molecule has 10 heteroatoms. The van der Waals surface area contributed by atoms with Gasteiger partial charge in [-0.25, -0.2) is 9.78 Å². The average molecular weight is 457 g/mol. The molecule has 2 saturated heterocycles. The van der Waals surface area contributed by atoms with Crippen molar-refractivity contribution < 1.29 is 19.1 Å². The molecule has 178 valence electrons. The second kappa shape index (κ2) is 10.2. The predicted molar refractivity (Wildman–Crippen MR) is 123 cm³/mol. The minimum absolute atomic E-state index is 0.0824. The van der Waals surface area contributed by atoms with Crippen molar-refractivity contribution in [3.8, 4) is 0 Å². The second-order valence-corrected chi connectivity index (χ2v) is 8.52. The van der Waals surface area contributed by atoms with Crippen molar-refractivity contribution in [2.45, 2.75) is 26.3 Å². The second-order valence-electron chi connectivity index (χ2n) is 8.52. The Hall–Kier alpha value is -3.14. The topological polar surface area (TPSA) is 100 Å². The molecule has 2 aliphatic heterocycles. The van der Waals surface area contributed by atoms with Crippen LogP contribution in [-0.2, 0) is 23.1 Å². The molecule has 4 rings (SSSR count). The molecule has 0 unspecified atom stereocenters. The molecule has 0 bridgehead atoms. The fourth-order valence-electron chi connectivity index (χ4n) is 4.41. The highest BCUT2D eigenvalue weighted by atomic mass is 16.5. The van der Waals surface area contributed by atoms with E-state index in [2.05, 4.69) is 14.8 Å². The lowest BCUT2D eigenvalue weighted by atomic mass is 10.2. The molecule has 3 heterocycles. The molecule has 10 nitrogen and oxygen atoms in total. The molecule has 0 spiro atoms. The number of aromatic nitrogens is 2. The molecule has 1 aromatic carbocycles. The highest BCUT2D eigenvalue weighted by Crippen LogP contribution is 2.21. The number of nitrogens with one attached hydrogen (secondary N) is 1. The normalized spacial score (nSPS) is 16.9. The molecule has 3 amide bonds. The summed E-state index contributed by atoms with van der Waals surface area (Å²) in [6.07, 6.45) is 2.14. The summed E-state index contributed by atoms with van der Waals surface area (Å²) in [6.45, 7) is 6.83. The summed E-state index contributed by atoms with van der Waals surface area (Å²) in [5.41, 5.74) is 2.52. The number of benzene rings is 1. The molecule has 33 heavy (non-hydrogen) atoms. The van der Waals surface area contributed by atoms with Crippen LogP contribution in [0.4, 0.5) is 4.79 Å². The van der Waals surface area contributed by atoms with Gasteiger partial charge in [0.05, 0.1) is 24.2 Å². The van der Waals surface area contributed by atoms with Crippen molar-refractivity contribution in [3.63, 3.8) is 0 Å². The first-order valence-corrected chi connectivity index (χ1v) is 11.6. The zero-order valence-corrected chi connectivity index (χ0v) is 19.4. The molecule has 0 saturated carbocycles. The number of aryl methyl sites for hydroxylation is 1. The van der Waals surface area contributed by atoms with Crippen LogP contribution in [0.25, 0.3) is 11.0 Å². The molecule has 0 aliphatic carbocycles. The van der Waals surface area contributed by atoms with E-state index in [4.69, 9.17) is 9.72 Å². The fraction of sp³-hybridized carbons (Fsp3) is 0.565. The third-order valence-corrected chi connectivity index (χ3v) is 6.33. The molecule has 2 fully saturated rings. The predicted octanol–water partition coefficient (Wildman–Crippen LogP) is 1.20. The van der Waals surface area contributed by atoms with Crippen LogP contribution in [0.2, 0.25) is 0 Å². The van der Waals surface area contributed by atoms with Gasteiger partial charge < -0.3 is 24.4 Å². The number of rotatable bonds is 6. The van der Waals surface area contributed by atoms with Crippen LogP contribution >= 0.6 is 0 Å². The van der Waals surface area contributed by atoms with Crippen LogP contribution in [0, 0.1) is 0 Å². The maximum atomic E-state index is 12.7. The minimum Gasteiger partial charge on any atom is -0.465 e. The van der Waals surface area contributed by atoms with Gasteiger partial charge in [0.2, 0.25) is 0 Å². The van der Waals surface area contributed by atoms with Gasteiger partial charge in [-0.3, -0.25) is 14.5 Å². The highest BCUT2D eigenvalue weighted by Gasteiger charge is 2.24. The van der Waals surface area contributed by atoms with Crippen LogP contribution in [0.15, 0.2) is 18.2 Å². The number of esters is 1. The van der Waals surface area contributed by atoms with Crippen molar-refractivity contribution in [1.29, 1.82) is 0 Å². The monoisotopic (exact) mass is 456 g/mol. The van der Waals surface area contributed by atoms with Gasteiger partial charge >= 0.3 is 12.0 Å². The Bertz CT molecular complexity index is 1020. The Morgan fingerprint density at radius 1 is 1.03 bits per heavy atom. The van der Waals surface area contributed by atoms with Gasteiger partial charge in [-0.05, 0) is 38.0 Å². The van der Waals surface area contributed by atoms with Gasteiger partial charge in [0, 0.05) is 51.9 Å². The van der Waals surface area contributed by atoms with Crippen LogP contribution in [0.3, 0.4) is 0 Å². The lowest BCUT2D eigenvalue weighted by Gasteiger charge is -2.34. The number of piperazine rings is 1. The van der Waals surface area contributed by atoms with Crippen LogP contribution < -0.4 is 5.32 Å². The van der Waals surface area contributed by atoms with E-state index in [9.17, 15) is 14.4 Å². The van der Waals surface area contributed by atoms with Gasteiger partial charge in [0.15, 0.2) is 0 Å². The van der Waals surface area contributed by atoms with Crippen LogP contribution in [-0.4, -0.2) is 94.6 Å². The van der Waals surface area contributed by atoms with E-state index >= 15 is 0 Å². The van der Waals surface area contributed by atoms with Gasteiger partial charge in [-0.2, -0.15) is 0 Å². The number of carbonyl (C=O) groups is 3. The summed E-state index contributed by atoms with van der Waals surface area (Å²) < 4.78 is 6.90. The maximum Gasteiger partial charge on any atom is 0.325 e. The number of carbonyl (C=O) groups excluding carboxylic acids is 3. The number of fused-ring (bicyclic) bond motifs is 1. The molecule has 0 atom stereocenters. The number of hydrogen-bond acceptors (Lipinski definition) is 6. The summed E-state index contributed by atoms with van der Waals surface area (Å²) in [4.78, 5) is 47.1. The van der Waals surface area contributed by atoms with E-state index in [0.29, 0.717) is 44.9 Å². The zero-order chi connectivity index (χ0) is 23.4. The van der Waals surface area contributed by atoms with E-state index < -0.39 is 5.97 Å². The quantitative estimate of drug-likeness (QED) is 0.656. The van der Waals surface area contributed by atoms with Crippen molar-refractivity contribution >= 4 is 28.9 Å². The van der Waals surface area contributed by atoms with Crippen molar-refractivity contribution in [3.05, 3.63) is 29.6 Å².